The lowest BCUT2D eigenvalue weighted by atomic mass is 10.5. The van der Waals surface area contributed by atoms with Crippen LogP contribution in [0.5, 0.6) is 0 Å². The SMILES string of the molecule is C.CC.CCC.CNCC(C)=O.[HH]. The molecule has 0 heterocycles. The minimum atomic E-state index is 0. The first-order chi connectivity index (χ1) is 5.18. The van der Waals surface area contributed by atoms with Gasteiger partial charge in [0.25, 0.3) is 0 Å². The Bertz CT molecular complexity index is 67.9. The predicted molar refractivity (Wildman–Crippen MR) is 60.8 cm³/mol. The number of Topliss-reactive ketones (excluding diaryl/α,β-unsaturated/α-hetero) is 1. The molecule has 1 N–H and O–H groups in total. The van der Waals surface area contributed by atoms with E-state index in [0.717, 1.165) is 0 Å². The number of ketones is 1. The molecule has 0 bridgehead atoms. The summed E-state index contributed by atoms with van der Waals surface area (Å²) in [6.07, 6.45) is 1.25. The Hall–Kier alpha value is -0.370. The van der Waals surface area contributed by atoms with Crippen molar-refractivity contribution >= 4 is 5.78 Å². The summed E-state index contributed by atoms with van der Waals surface area (Å²) in [7, 11) is 1.75. The molecule has 0 aliphatic carbocycles. The highest BCUT2D eigenvalue weighted by atomic mass is 16.1. The fourth-order valence-corrected chi connectivity index (χ4v) is 0.249. The molecule has 0 aliphatic heterocycles. The third-order valence-electron chi connectivity index (χ3n) is 0.426. The smallest absolute Gasteiger partial charge is 0.143 e. The number of hydrogen-bond donors (Lipinski definition) is 1. The first kappa shape index (κ1) is 22.6. The molecule has 0 aromatic carbocycles. The zero-order valence-electron chi connectivity index (χ0n) is 8.82. The van der Waals surface area contributed by atoms with E-state index in [0.29, 0.717) is 6.54 Å². The highest BCUT2D eigenvalue weighted by Gasteiger charge is 1.82. The molecule has 0 spiro atoms. The Balaban J connectivity index is -0.0000000268. The van der Waals surface area contributed by atoms with Crippen molar-refractivity contribution in [1.82, 2.24) is 5.32 Å². The van der Waals surface area contributed by atoms with E-state index in [1.54, 1.807) is 14.0 Å². The van der Waals surface area contributed by atoms with Crippen LogP contribution in [0.4, 0.5) is 0 Å². The zero-order valence-corrected chi connectivity index (χ0v) is 8.82. The number of likely N-dealkylation sites (N-methyl/N-ethyl adjacent to an activating group) is 1. The molecule has 2 nitrogen and oxygen atoms in total. The molecule has 0 fully saturated rings. The molecule has 0 unspecified atom stereocenters. The summed E-state index contributed by atoms with van der Waals surface area (Å²) in [5, 5.41) is 2.72. The van der Waals surface area contributed by atoms with Gasteiger partial charge in [-0.05, 0) is 14.0 Å². The summed E-state index contributed by atoms with van der Waals surface area (Å²) < 4.78 is 0. The summed E-state index contributed by atoms with van der Waals surface area (Å²) in [4.78, 5) is 9.98. The third kappa shape index (κ3) is 104. The van der Waals surface area contributed by atoms with E-state index >= 15 is 0 Å². The Morgan fingerprint density at radius 2 is 1.58 bits per heavy atom. The standard InChI is InChI=1S/C4H9NO.C3H8.C2H6.CH4.H2/c1-4(6)3-5-2;1-3-2;1-2;;/h5H,3H2,1-2H3;3H2,1-2H3;1-2H3;1H4;1H. The molecule has 80 valence electrons. The van der Waals surface area contributed by atoms with E-state index < -0.39 is 0 Å². The van der Waals surface area contributed by atoms with Crippen LogP contribution < -0.4 is 5.32 Å². The van der Waals surface area contributed by atoms with Crippen LogP contribution in [-0.4, -0.2) is 19.4 Å². The fraction of sp³-hybridized carbons (Fsp3) is 0.900. The molecule has 0 aromatic rings. The predicted octanol–water partition coefficient (Wildman–Crippen LogP) is 3.12. The Morgan fingerprint density at radius 1 is 1.33 bits per heavy atom. The second-order valence-corrected chi connectivity index (χ2v) is 1.94. The van der Waals surface area contributed by atoms with Crippen LogP contribution in [0.2, 0.25) is 0 Å². The van der Waals surface area contributed by atoms with Crippen LogP contribution in [0.1, 0.15) is 49.9 Å². The Morgan fingerprint density at radius 3 is 1.58 bits per heavy atom. The van der Waals surface area contributed by atoms with E-state index in [2.05, 4.69) is 19.2 Å². The van der Waals surface area contributed by atoms with Gasteiger partial charge in [0, 0.05) is 1.43 Å². The monoisotopic (exact) mass is 179 g/mol. The molecule has 0 rings (SSSR count). The van der Waals surface area contributed by atoms with Gasteiger partial charge >= 0.3 is 0 Å². The van der Waals surface area contributed by atoms with Crippen LogP contribution >= 0.6 is 0 Å². The van der Waals surface area contributed by atoms with Gasteiger partial charge in [-0.1, -0.05) is 41.5 Å². The summed E-state index contributed by atoms with van der Waals surface area (Å²) in [5.74, 6) is 0.178. The molecular weight excluding hydrogens is 150 g/mol. The second kappa shape index (κ2) is 31.1. The van der Waals surface area contributed by atoms with Crippen molar-refractivity contribution in [2.45, 2.75) is 48.5 Å². The maximum Gasteiger partial charge on any atom is 0.143 e. The molecule has 0 radical (unpaired) electrons. The van der Waals surface area contributed by atoms with E-state index in [4.69, 9.17) is 0 Å². The van der Waals surface area contributed by atoms with Gasteiger partial charge in [0.05, 0.1) is 6.54 Å². The van der Waals surface area contributed by atoms with Gasteiger partial charge in [0.2, 0.25) is 0 Å². The zero-order chi connectivity index (χ0) is 9.70. The number of carbonyl (C=O) groups excluding carboxylic acids is 1. The van der Waals surface area contributed by atoms with Gasteiger partial charge in [-0.15, -0.1) is 0 Å². The molecule has 0 aromatic heterocycles. The normalized spacial score (nSPS) is 6.17. The quantitative estimate of drug-likeness (QED) is 0.705. The van der Waals surface area contributed by atoms with Crippen LogP contribution in [0, 0.1) is 0 Å². The maximum atomic E-state index is 9.98. The van der Waals surface area contributed by atoms with Gasteiger partial charge in [-0.2, -0.15) is 0 Å². The van der Waals surface area contributed by atoms with E-state index in [1.807, 2.05) is 13.8 Å². The Labute approximate surface area is 80.2 Å². The van der Waals surface area contributed by atoms with Crippen molar-refractivity contribution in [1.29, 1.82) is 0 Å². The van der Waals surface area contributed by atoms with Crippen molar-refractivity contribution in [3.8, 4) is 0 Å². The molecular formula is C10H29NO. The van der Waals surface area contributed by atoms with Gasteiger partial charge in [0.1, 0.15) is 5.78 Å². The Kier molecular flexibility index (Phi) is 58.5. The minimum absolute atomic E-state index is 0. The highest BCUT2D eigenvalue weighted by Crippen LogP contribution is 1.57. The molecule has 0 amide bonds. The number of rotatable bonds is 2. The van der Waals surface area contributed by atoms with E-state index in [9.17, 15) is 4.79 Å². The van der Waals surface area contributed by atoms with Crippen LogP contribution in [0.3, 0.4) is 0 Å². The summed E-state index contributed by atoms with van der Waals surface area (Å²) in [6.45, 7) is 10.3. The van der Waals surface area contributed by atoms with Crippen molar-refractivity contribution in [3.63, 3.8) is 0 Å². The van der Waals surface area contributed by atoms with E-state index in [-0.39, 0.29) is 14.6 Å². The molecule has 0 saturated heterocycles. The lowest BCUT2D eigenvalue weighted by Gasteiger charge is -1.85. The summed E-state index contributed by atoms with van der Waals surface area (Å²) in [5.41, 5.74) is 0. The largest absolute Gasteiger partial charge is 0.313 e. The molecule has 0 saturated carbocycles. The lowest BCUT2D eigenvalue weighted by molar-refractivity contribution is -0.116. The van der Waals surface area contributed by atoms with Crippen molar-refractivity contribution < 1.29 is 6.22 Å². The van der Waals surface area contributed by atoms with Gasteiger partial charge in [0.15, 0.2) is 0 Å². The topological polar surface area (TPSA) is 29.1 Å². The van der Waals surface area contributed by atoms with Gasteiger partial charge < -0.3 is 5.32 Å². The fourth-order valence-electron chi connectivity index (χ4n) is 0.249. The first-order valence-electron chi connectivity index (χ1n) is 4.33. The molecule has 12 heavy (non-hydrogen) atoms. The second-order valence-electron chi connectivity index (χ2n) is 1.94. The van der Waals surface area contributed by atoms with Gasteiger partial charge in [-0.3, -0.25) is 4.79 Å². The number of hydrogen-bond acceptors (Lipinski definition) is 2. The average molecular weight is 179 g/mol. The van der Waals surface area contributed by atoms with Crippen molar-refractivity contribution in [3.05, 3.63) is 0 Å². The van der Waals surface area contributed by atoms with Crippen molar-refractivity contribution in [2.24, 2.45) is 0 Å². The molecule has 0 aliphatic rings. The van der Waals surface area contributed by atoms with Crippen LogP contribution in [-0.2, 0) is 4.79 Å². The highest BCUT2D eigenvalue weighted by molar-refractivity contribution is 5.77. The van der Waals surface area contributed by atoms with E-state index in [1.165, 1.54) is 6.42 Å². The number of carbonyl (C=O) groups is 1. The minimum Gasteiger partial charge on any atom is -0.313 e. The van der Waals surface area contributed by atoms with Crippen LogP contribution in [0.25, 0.3) is 0 Å². The average Bonchev–Trinajstić information content (AvgIpc) is 1.93. The summed E-state index contributed by atoms with van der Waals surface area (Å²) >= 11 is 0. The molecule has 0 atom stereocenters. The lowest BCUT2D eigenvalue weighted by Crippen LogP contribution is -2.14. The molecule has 2 heteroatoms. The van der Waals surface area contributed by atoms with Crippen LogP contribution in [0.15, 0.2) is 0 Å². The summed E-state index contributed by atoms with van der Waals surface area (Å²) in [6, 6.07) is 0. The first-order valence-corrected chi connectivity index (χ1v) is 4.33. The van der Waals surface area contributed by atoms with Crippen molar-refractivity contribution in [2.75, 3.05) is 13.6 Å². The maximum absolute atomic E-state index is 9.98. The number of nitrogens with one attached hydrogen (secondary N) is 1. The third-order valence-corrected chi connectivity index (χ3v) is 0.426. The van der Waals surface area contributed by atoms with Gasteiger partial charge in [-0.25, -0.2) is 0 Å².